The maximum atomic E-state index is 14.0. The summed E-state index contributed by atoms with van der Waals surface area (Å²) in [5.74, 6) is -3.33. The highest BCUT2D eigenvalue weighted by Crippen LogP contribution is 2.23. The van der Waals surface area contributed by atoms with Crippen LogP contribution in [-0.2, 0) is 27.8 Å². The van der Waals surface area contributed by atoms with Gasteiger partial charge >= 0.3 is 5.97 Å². The van der Waals surface area contributed by atoms with Gasteiger partial charge in [0.05, 0.1) is 0 Å². The molecule has 4 aromatic rings. The first-order chi connectivity index (χ1) is 17.7. The lowest BCUT2D eigenvalue weighted by atomic mass is 9.99. The van der Waals surface area contributed by atoms with E-state index in [1.807, 2.05) is 47.2 Å². The fraction of sp³-hybridized carbons (Fsp3) is 0.143. The number of hydrogen-bond donors (Lipinski definition) is 3. The Morgan fingerprint density at radius 3 is 2.18 bits per heavy atom. The van der Waals surface area contributed by atoms with Crippen molar-refractivity contribution < 1.29 is 27.1 Å². The topological polar surface area (TPSA) is 108 Å². The van der Waals surface area contributed by atoms with Gasteiger partial charge in [-0.2, -0.15) is 4.72 Å². The van der Waals surface area contributed by atoms with E-state index in [1.54, 1.807) is 30.5 Å². The first kappa shape index (κ1) is 28.4. The molecule has 0 aliphatic heterocycles. The summed E-state index contributed by atoms with van der Waals surface area (Å²) in [5, 5.41) is 12.8. The second kappa shape index (κ2) is 12.4. The second-order valence-corrected chi connectivity index (χ2v) is 9.88. The molecule has 1 atom stereocenters. The predicted molar refractivity (Wildman–Crippen MR) is 142 cm³/mol. The average Bonchev–Trinajstić information content (AvgIpc) is 2.88. The third kappa shape index (κ3) is 6.99. The summed E-state index contributed by atoms with van der Waals surface area (Å²) in [6.45, 7) is 0.575. The Kier molecular flexibility index (Phi) is 9.27. The van der Waals surface area contributed by atoms with Crippen LogP contribution in [0.15, 0.2) is 96.0 Å². The number of nitrogens with one attached hydrogen (secondary N) is 2. The van der Waals surface area contributed by atoms with E-state index < -0.39 is 38.6 Å². The number of carboxylic acids is 1. The number of pyridine rings is 1. The van der Waals surface area contributed by atoms with Crippen molar-refractivity contribution in [2.45, 2.75) is 31.3 Å². The Morgan fingerprint density at radius 2 is 1.55 bits per heavy atom. The molecule has 0 amide bonds. The minimum atomic E-state index is -4.76. The molecule has 0 unspecified atom stereocenters. The molecular weight excluding hydrogens is 512 g/mol. The number of carboxylic acid groups (broad SMARTS) is 1. The molecule has 1 aromatic heterocycles. The summed E-state index contributed by atoms with van der Waals surface area (Å²) in [6.07, 6.45) is 1.48. The van der Waals surface area contributed by atoms with Crippen molar-refractivity contribution in [1.29, 1.82) is 0 Å². The van der Waals surface area contributed by atoms with E-state index in [0.29, 0.717) is 12.1 Å². The van der Waals surface area contributed by atoms with E-state index in [2.05, 4.69) is 10.3 Å². The fourth-order valence-electron chi connectivity index (χ4n) is 3.75. The van der Waals surface area contributed by atoms with Crippen LogP contribution in [0.25, 0.3) is 11.1 Å². The van der Waals surface area contributed by atoms with Gasteiger partial charge in [-0.05, 0) is 59.0 Å². The third-order valence-electron chi connectivity index (χ3n) is 5.58. The summed E-state index contributed by atoms with van der Waals surface area (Å²) in [4.78, 5) is 14.8. The van der Waals surface area contributed by atoms with Crippen LogP contribution in [0.4, 0.5) is 14.6 Å². The summed E-state index contributed by atoms with van der Waals surface area (Å²) >= 11 is 0. The van der Waals surface area contributed by atoms with Crippen molar-refractivity contribution in [3.8, 4) is 11.1 Å². The number of hydrogen-bond acceptors (Lipinski definition) is 5. The number of rotatable bonds is 10. The Morgan fingerprint density at radius 1 is 0.868 bits per heavy atom. The SMILES string of the molecule is C.O=C(O)[C@H](Cc1ccc(-c2cccc(CNc3ccccn3)c2)cc1)NS(=O)(=O)c1c(F)cccc1F. The van der Waals surface area contributed by atoms with Crippen LogP contribution in [0.1, 0.15) is 18.6 Å². The minimum Gasteiger partial charge on any atom is -0.480 e. The highest BCUT2D eigenvalue weighted by Gasteiger charge is 2.30. The van der Waals surface area contributed by atoms with Crippen molar-refractivity contribution in [1.82, 2.24) is 9.71 Å². The predicted octanol–water partition coefficient (Wildman–Crippen LogP) is 5.25. The Balaban J connectivity index is 0.00000400. The highest BCUT2D eigenvalue weighted by atomic mass is 32.2. The van der Waals surface area contributed by atoms with Crippen LogP contribution in [0.5, 0.6) is 0 Å². The van der Waals surface area contributed by atoms with Crippen LogP contribution >= 0.6 is 0 Å². The van der Waals surface area contributed by atoms with Crippen LogP contribution in [0.3, 0.4) is 0 Å². The number of benzene rings is 3. The van der Waals surface area contributed by atoms with Gasteiger partial charge < -0.3 is 10.4 Å². The lowest BCUT2D eigenvalue weighted by molar-refractivity contribution is -0.138. The van der Waals surface area contributed by atoms with Crippen molar-refractivity contribution in [3.05, 3.63) is 114 Å². The van der Waals surface area contributed by atoms with Crippen molar-refractivity contribution in [3.63, 3.8) is 0 Å². The molecule has 0 bridgehead atoms. The van der Waals surface area contributed by atoms with Gasteiger partial charge in [-0.3, -0.25) is 4.79 Å². The van der Waals surface area contributed by atoms with E-state index in [1.165, 1.54) is 0 Å². The van der Waals surface area contributed by atoms with Gasteiger partial charge in [0.2, 0.25) is 10.0 Å². The highest BCUT2D eigenvalue weighted by molar-refractivity contribution is 7.89. The van der Waals surface area contributed by atoms with E-state index >= 15 is 0 Å². The molecule has 10 heteroatoms. The van der Waals surface area contributed by atoms with Gasteiger partial charge in [-0.25, -0.2) is 22.2 Å². The number of aliphatic carboxylic acids is 1. The van der Waals surface area contributed by atoms with Gasteiger partial charge in [-0.15, -0.1) is 0 Å². The van der Waals surface area contributed by atoms with E-state index in [0.717, 1.165) is 40.7 Å². The number of nitrogens with zero attached hydrogens (tertiary/aromatic N) is 1. The molecule has 7 nitrogen and oxygen atoms in total. The zero-order valence-electron chi connectivity index (χ0n) is 19.4. The summed E-state index contributed by atoms with van der Waals surface area (Å²) < 4.78 is 54.9. The molecule has 0 saturated heterocycles. The maximum Gasteiger partial charge on any atom is 0.322 e. The molecule has 3 N–H and O–H groups in total. The lowest BCUT2D eigenvalue weighted by Crippen LogP contribution is -2.42. The zero-order valence-corrected chi connectivity index (χ0v) is 20.3. The zero-order chi connectivity index (χ0) is 26.4. The molecule has 0 aliphatic rings. The van der Waals surface area contributed by atoms with E-state index in [4.69, 9.17) is 0 Å². The molecule has 1 heterocycles. The number of sulfonamides is 1. The molecule has 0 radical (unpaired) electrons. The molecular formula is C28H27F2N3O4S. The molecule has 198 valence electrons. The van der Waals surface area contributed by atoms with Crippen molar-refractivity contribution in [2.24, 2.45) is 0 Å². The summed E-state index contributed by atoms with van der Waals surface area (Å²) in [7, 11) is -4.76. The first-order valence-electron chi connectivity index (χ1n) is 11.3. The number of carbonyl (C=O) groups is 1. The Labute approximate surface area is 220 Å². The van der Waals surface area contributed by atoms with Crippen LogP contribution in [-0.4, -0.2) is 30.5 Å². The minimum absolute atomic E-state index is 0. The summed E-state index contributed by atoms with van der Waals surface area (Å²) in [6, 6.07) is 21.4. The van der Waals surface area contributed by atoms with Gasteiger partial charge in [0.25, 0.3) is 0 Å². The van der Waals surface area contributed by atoms with Crippen LogP contribution < -0.4 is 10.0 Å². The second-order valence-electron chi connectivity index (χ2n) is 8.23. The van der Waals surface area contributed by atoms with Crippen LogP contribution in [0.2, 0.25) is 0 Å². The third-order valence-corrected chi connectivity index (χ3v) is 7.10. The lowest BCUT2D eigenvalue weighted by Gasteiger charge is -2.16. The molecule has 0 aliphatic carbocycles. The van der Waals surface area contributed by atoms with Gasteiger partial charge in [0.15, 0.2) is 4.90 Å². The quantitative estimate of drug-likeness (QED) is 0.254. The molecule has 4 rings (SSSR count). The number of anilines is 1. The average molecular weight is 540 g/mol. The molecule has 3 aromatic carbocycles. The van der Waals surface area contributed by atoms with E-state index in [9.17, 15) is 27.1 Å². The largest absolute Gasteiger partial charge is 0.480 e. The normalized spacial score (nSPS) is 11.8. The van der Waals surface area contributed by atoms with Crippen molar-refractivity contribution >= 4 is 21.8 Å². The standard InChI is InChI=1S/C27H23F2N3O4S.CH4/c28-22-7-4-8-23(29)26(22)37(35,36)32-24(27(33)34)16-18-10-12-20(13-11-18)21-6-3-5-19(15-21)17-31-25-9-1-2-14-30-25;/h1-15,24,32H,16-17H2,(H,30,31)(H,33,34);1H4/t24-;/m0./s1. The van der Waals surface area contributed by atoms with E-state index in [-0.39, 0.29) is 13.8 Å². The smallest absolute Gasteiger partial charge is 0.322 e. The maximum absolute atomic E-state index is 14.0. The molecule has 0 fully saturated rings. The Bertz CT molecular complexity index is 1480. The first-order valence-corrected chi connectivity index (χ1v) is 12.7. The molecule has 0 saturated carbocycles. The monoisotopic (exact) mass is 539 g/mol. The van der Waals surface area contributed by atoms with Gasteiger partial charge in [0, 0.05) is 12.7 Å². The molecule has 38 heavy (non-hydrogen) atoms. The fourth-order valence-corrected chi connectivity index (χ4v) is 5.08. The van der Waals surface area contributed by atoms with Crippen LogP contribution in [0, 0.1) is 11.6 Å². The van der Waals surface area contributed by atoms with Gasteiger partial charge in [0.1, 0.15) is 23.5 Å². The Hall–Kier alpha value is -4.15. The van der Waals surface area contributed by atoms with Crippen molar-refractivity contribution in [2.75, 3.05) is 5.32 Å². The number of aromatic nitrogens is 1. The molecule has 0 spiro atoms. The number of halogens is 2. The summed E-state index contributed by atoms with van der Waals surface area (Å²) in [5.41, 5.74) is 3.38. The van der Waals surface area contributed by atoms with Gasteiger partial charge in [-0.1, -0.05) is 62.0 Å².